The molecular weight excluding hydrogens is 452 g/mol. The van der Waals surface area contributed by atoms with E-state index in [1.807, 2.05) is 45.9 Å². The maximum atomic E-state index is 11.4. The van der Waals surface area contributed by atoms with Gasteiger partial charge >= 0.3 is 5.97 Å². The molecule has 0 heterocycles. The molecule has 0 aliphatic rings. The van der Waals surface area contributed by atoms with Crippen LogP contribution in [0.1, 0.15) is 93.1 Å². The zero-order valence-corrected chi connectivity index (χ0v) is 24.2. The van der Waals surface area contributed by atoms with Crippen LogP contribution in [0, 0.1) is 5.92 Å². The summed E-state index contributed by atoms with van der Waals surface area (Å²) in [6.07, 6.45) is 6.52. The molecule has 0 aromatic heterocycles. The highest BCUT2D eigenvalue weighted by molar-refractivity contribution is 5.71. The Hall–Kier alpha value is -2.53. The van der Waals surface area contributed by atoms with Crippen molar-refractivity contribution < 1.29 is 23.7 Å². The van der Waals surface area contributed by atoms with E-state index in [0.717, 1.165) is 30.6 Å². The van der Waals surface area contributed by atoms with Crippen molar-refractivity contribution in [2.45, 2.75) is 99.4 Å². The van der Waals surface area contributed by atoms with Gasteiger partial charge in [-0.25, -0.2) is 4.79 Å². The number of ether oxygens (including phenoxy) is 4. The Bertz CT molecular complexity index is 801. The number of hydrogen-bond acceptors (Lipinski definition) is 5. The predicted octanol–water partition coefficient (Wildman–Crippen LogP) is 8.37. The fourth-order valence-electron chi connectivity index (χ4n) is 2.88. The summed E-state index contributed by atoms with van der Waals surface area (Å²) in [5.41, 5.74) is 1.89. The number of carbonyl (C=O) groups excluding carboxylic acids is 1. The van der Waals surface area contributed by atoms with Gasteiger partial charge in [0.05, 0.1) is 0 Å². The van der Waals surface area contributed by atoms with Crippen LogP contribution in [0.4, 0.5) is 0 Å². The lowest BCUT2D eigenvalue weighted by Crippen LogP contribution is -2.26. The molecule has 5 nitrogen and oxygen atoms in total. The molecule has 0 saturated heterocycles. The minimum absolute atomic E-state index is 0.129. The summed E-state index contributed by atoms with van der Waals surface area (Å²) >= 11 is 0. The molecule has 3 unspecified atom stereocenters. The number of hydrogen-bond donors (Lipinski definition) is 0. The van der Waals surface area contributed by atoms with E-state index >= 15 is 0 Å². The molecule has 0 aliphatic heterocycles. The smallest absolute Gasteiger partial charge is 0.344 e. The lowest BCUT2D eigenvalue weighted by atomic mass is 9.99. The molecule has 1 rings (SSSR count). The van der Waals surface area contributed by atoms with Gasteiger partial charge in [0, 0.05) is 13.0 Å². The van der Waals surface area contributed by atoms with Crippen LogP contribution in [-0.2, 0) is 19.0 Å². The molecule has 0 aliphatic carbocycles. The average molecular weight is 503 g/mol. The van der Waals surface area contributed by atoms with E-state index in [2.05, 4.69) is 59.9 Å². The molecule has 5 heteroatoms. The second-order valence-electron chi connectivity index (χ2n) is 9.85. The summed E-state index contributed by atoms with van der Waals surface area (Å²) in [5, 5.41) is 0. The van der Waals surface area contributed by atoms with Crippen LogP contribution in [0.25, 0.3) is 0 Å². The van der Waals surface area contributed by atoms with Crippen molar-refractivity contribution in [3.8, 4) is 5.75 Å². The van der Waals surface area contributed by atoms with E-state index in [0.29, 0.717) is 24.2 Å². The van der Waals surface area contributed by atoms with Crippen LogP contribution >= 0.6 is 0 Å². The van der Waals surface area contributed by atoms with Crippen molar-refractivity contribution in [1.82, 2.24) is 0 Å². The fourth-order valence-corrected chi connectivity index (χ4v) is 2.88. The first-order chi connectivity index (χ1) is 16.9. The maximum absolute atomic E-state index is 11.4. The molecule has 204 valence electrons. The third-order valence-electron chi connectivity index (χ3n) is 5.54. The van der Waals surface area contributed by atoms with Gasteiger partial charge in [0.25, 0.3) is 0 Å². The number of carbonyl (C=O) groups is 1. The monoisotopic (exact) mass is 502 g/mol. The molecule has 0 fully saturated rings. The van der Waals surface area contributed by atoms with Crippen LogP contribution in [0.5, 0.6) is 5.75 Å². The highest BCUT2D eigenvalue weighted by atomic mass is 16.7. The van der Waals surface area contributed by atoms with Crippen LogP contribution in [0.15, 0.2) is 60.9 Å². The number of allylic oxidation sites excluding steroid dienone is 3. The number of rotatable bonds is 14. The van der Waals surface area contributed by atoms with E-state index in [1.54, 1.807) is 6.08 Å². The normalized spacial score (nSPS) is 13.7. The van der Waals surface area contributed by atoms with Gasteiger partial charge in [0.1, 0.15) is 17.1 Å². The summed E-state index contributed by atoms with van der Waals surface area (Å²) in [4.78, 5) is 11.4. The summed E-state index contributed by atoms with van der Waals surface area (Å²) in [6.45, 7) is 26.4. The second kappa shape index (κ2) is 17.8. The first-order valence-electron chi connectivity index (χ1n) is 13.1. The highest BCUT2D eigenvalue weighted by Gasteiger charge is 2.16. The number of esters is 1. The third-order valence-corrected chi connectivity index (χ3v) is 5.54. The molecule has 0 saturated carbocycles. The van der Waals surface area contributed by atoms with Gasteiger partial charge in [0.2, 0.25) is 0 Å². The van der Waals surface area contributed by atoms with E-state index in [1.165, 1.54) is 5.56 Å². The Morgan fingerprint density at radius 1 is 0.944 bits per heavy atom. The number of benzene rings is 1. The minimum atomic E-state index is -0.498. The van der Waals surface area contributed by atoms with E-state index < -0.39 is 11.6 Å². The molecule has 1 aromatic carbocycles. The lowest BCUT2D eigenvalue weighted by Gasteiger charge is -2.19. The van der Waals surface area contributed by atoms with Gasteiger partial charge in [-0.05, 0) is 76.1 Å². The molecule has 0 amide bonds. The maximum Gasteiger partial charge on any atom is 0.344 e. The van der Waals surface area contributed by atoms with Gasteiger partial charge in [-0.3, -0.25) is 0 Å². The molecule has 0 N–H and O–H groups in total. The van der Waals surface area contributed by atoms with Crippen molar-refractivity contribution in [1.29, 1.82) is 0 Å². The molecule has 36 heavy (non-hydrogen) atoms. The van der Waals surface area contributed by atoms with Crippen molar-refractivity contribution in [2.24, 2.45) is 5.92 Å². The van der Waals surface area contributed by atoms with Gasteiger partial charge in [-0.15, -0.1) is 0 Å². The van der Waals surface area contributed by atoms with Crippen LogP contribution < -0.4 is 4.74 Å². The van der Waals surface area contributed by atoms with Crippen LogP contribution in [-0.4, -0.2) is 31.1 Å². The second-order valence-corrected chi connectivity index (χ2v) is 9.85. The van der Waals surface area contributed by atoms with Gasteiger partial charge < -0.3 is 18.9 Å². The molecular formula is C31H50O5. The van der Waals surface area contributed by atoms with Crippen molar-refractivity contribution in [3.05, 3.63) is 66.5 Å². The summed E-state index contributed by atoms with van der Waals surface area (Å²) in [6, 6.07) is 8.34. The Morgan fingerprint density at radius 3 is 2.03 bits per heavy atom. The zero-order valence-electron chi connectivity index (χ0n) is 24.2. The van der Waals surface area contributed by atoms with Crippen LogP contribution in [0.3, 0.4) is 0 Å². The van der Waals surface area contributed by atoms with E-state index in [4.69, 9.17) is 18.9 Å². The Labute approximate surface area is 220 Å². The first kappa shape index (κ1) is 33.5. The fraction of sp³-hybridized carbons (Fsp3) is 0.581. The summed E-state index contributed by atoms with van der Waals surface area (Å²) in [7, 11) is 0. The SMILES string of the molecule is C=C(C=CC(=C)C(C)CC)OCC(=O)OC(C)(C)C.CCOC(CC)Oc1ccc(C(C)CC)cc1. The van der Waals surface area contributed by atoms with Gasteiger partial charge in [-0.1, -0.05) is 71.6 Å². The minimum Gasteiger partial charge on any atom is -0.483 e. The lowest BCUT2D eigenvalue weighted by molar-refractivity contribution is -0.158. The summed E-state index contributed by atoms with van der Waals surface area (Å²) in [5.74, 6) is 1.95. The summed E-state index contributed by atoms with van der Waals surface area (Å²) < 4.78 is 21.6. The molecule has 1 aromatic rings. The molecule has 0 radical (unpaired) electrons. The van der Waals surface area contributed by atoms with E-state index in [9.17, 15) is 4.79 Å². The van der Waals surface area contributed by atoms with Crippen LogP contribution in [0.2, 0.25) is 0 Å². The van der Waals surface area contributed by atoms with Crippen molar-refractivity contribution in [2.75, 3.05) is 13.2 Å². The third kappa shape index (κ3) is 15.5. The van der Waals surface area contributed by atoms with E-state index in [-0.39, 0.29) is 12.9 Å². The highest BCUT2D eigenvalue weighted by Crippen LogP contribution is 2.22. The largest absolute Gasteiger partial charge is 0.483 e. The average Bonchev–Trinajstić information content (AvgIpc) is 2.84. The molecule has 3 atom stereocenters. The van der Waals surface area contributed by atoms with Crippen molar-refractivity contribution in [3.63, 3.8) is 0 Å². The zero-order chi connectivity index (χ0) is 27.7. The Morgan fingerprint density at radius 2 is 1.56 bits per heavy atom. The molecule has 0 bridgehead atoms. The van der Waals surface area contributed by atoms with Gasteiger partial charge in [0.15, 0.2) is 12.9 Å². The predicted molar refractivity (Wildman–Crippen MR) is 150 cm³/mol. The Balaban J connectivity index is 0.000000684. The topological polar surface area (TPSA) is 54.0 Å². The van der Waals surface area contributed by atoms with Crippen molar-refractivity contribution >= 4 is 5.97 Å². The molecule has 0 spiro atoms. The van der Waals surface area contributed by atoms with Gasteiger partial charge in [-0.2, -0.15) is 0 Å². The quantitative estimate of drug-likeness (QED) is 0.111. The standard InChI is InChI=1S/C16H26O3.C15H24O2/c1-8-12(2)13(3)9-10-14(4)18-11-15(17)19-16(5,6)7;1-5-12(4)13-8-10-14(11-9-13)17-15(6-2)16-7-3/h9-10,12H,3-4,8,11H2,1-2,5-7H3;8-12,15H,5-7H2,1-4H3. The first-order valence-corrected chi connectivity index (χ1v) is 13.1. The Kier molecular flexibility index (Phi) is 16.6.